The summed E-state index contributed by atoms with van der Waals surface area (Å²) in [5.41, 5.74) is -0.702. The third kappa shape index (κ3) is 2.80. The van der Waals surface area contributed by atoms with Crippen LogP contribution in [0.5, 0.6) is 5.75 Å². The molecule has 0 amide bonds. The number of fused-ring (bicyclic) bond motifs is 2. The van der Waals surface area contributed by atoms with E-state index in [9.17, 15) is 10.2 Å². The highest BCUT2D eigenvalue weighted by Gasteiger charge is 2.53. The van der Waals surface area contributed by atoms with Crippen LogP contribution in [0, 0.1) is 0 Å². The van der Waals surface area contributed by atoms with Crippen molar-refractivity contribution >= 4 is 34.5 Å². The van der Waals surface area contributed by atoms with Crippen molar-refractivity contribution in [3.63, 3.8) is 0 Å². The normalized spacial score (nSPS) is 22.0. The number of thiophene rings is 1. The second-order valence-corrected chi connectivity index (χ2v) is 9.21. The van der Waals surface area contributed by atoms with Crippen molar-refractivity contribution in [1.82, 2.24) is 0 Å². The molecule has 156 valence electrons. The van der Waals surface area contributed by atoms with Crippen molar-refractivity contribution < 1.29 is 14.9 Å². The van der Waals surface area contributed by atoms with Gasteiger partial charge in [0, 0.05) is 37.2 Å². The van der Waals surface area contributed by atoms with E-state index in [1.54, 1.807) is 67.8 Å². The van der Waals surface area contributed by atoms with E-state index in [2.05, 4.69) is 0 Å². The first-order valence-electron chi connectivity index (χ1n) is 9.64. The van der Waals surface area contributed by atoms with Crippen molar-refractivity contribution in [2.45, 2.75) is 11.2 Å². The zero-order valence-corrected chi connectivity index (χ0v) is 18.8. The van der Waals surface area contributed by atoms with Crippen LogP contribution in [0.4, 0.5) is 0 Å². The van der Waals surface area contributed by atoms with E-state index in [0.29, 0.717) is 48.5 Å². The van der Waals surface area contributed by atoms with Gasteiger partial charge in [0.05, 0.1) is 7.11 Å². The van der Waals surface area contributed by atoms with E-state index >= 15 is 0 Å². The van der Waals surface area contributed by atoms with Crippen LogP contribution in [0.1, 0.15) is 32.7 Å². The molecule has 0 saturated heterocycles. The van der Waals surface area contributed by atoms with Crippen molar-refractivity contribution in [1.29, 1.82) is 0 Å². The summed E-state index contributed by atoms with van der Waals surface area (Å²) >= 11 is 14.8. The molecular formula is C25H18Cl2O3S. The molecular weight excluding hydrogens is 451 g/mol. The monoisotopic (exact) mass is 468 g/mol. The standard InChI is InChI=1S/C25H18Cl2O3S/c1-30-16-12-10-15(11-13-16)24(28)17-5-2-8-20(27)23(17)25(29,21-9-4-14-31-21)18-6-3-7-19(26)22(18)24/h2-14,28-29H,1H3/t24-,25-/m0/s1. The van der Waals surface area contributed by atoms with Crippen molar-refractivity contribution in [3.8, 4) is 5.75 Å². The number of methoxy groups -OCH3 is 1. The first-order valence-corrected chi connectivity index (χ1v) is 11.3. The summed E-state index contributed by atoms with van der Waals surface area (Å²) in [4.78, 5) is 0.696. The maximum atomic E-state index is 12.4. The zero-order chi connectivity index (χ0) is 21.8. The van der Waals surface area contributed by atoms with Gasteiger partial charge in [-0.1, -0.05) is 65.7 Å². The Hall–Kier alpha value is -2.34. The van der Waals surface area contributed by atoms with Crippen LogP contribution in [0.2, 0.25) is 10.0 Å². The van der Waals surface area contributed by atoms with E-state index in [4.69, 9.17) is 27.9 Å². The number of hydrogen-bond acceptors (Lipinski definition) is 4. The number of hydrogen-bond donors (Lipinski definition) is 2. The molecule has 3 aromatic carbocycles. The number of benzene rings is 3. The van der Waals surface area contributed by atoms with E-state index < -0.39 is 11.2 Å². The molecule has 6 heteroatoms. The van der Waals surface area contributed by atoms with Crippen LogP contribution in [0.25, 0.3) is 0 Å². The van der Waals surface area contributed by atoms with Gasteiger partial charge in [-0.05, 0) is 41.3 Å². The smallest absolute Gasteiger partial charge is 0.151 e. The highest BCUT2D eigenvalue weighted by Crippen LogP contribution is 2.57. The molecule has 0 spiro atoms. The minimum atomic E-state index is -1.62. The average molecular weight is 469 g/mol. The predicted molar refractivity (Wildman–Crippen MR) is 124 cm³/mol. The minimum absolute atomic E-state index is 0.358. The van der Waals surface area contributed by atoms with Crippen LogP contribution in [-0.4, -0.2) is 17.3 Å². The Kier molecular flexibility index (Phi) is 4.88. The lowest BCUT2D eigenvalue weighted by Gasteiger charge is -2.45. The summed E-state index contributed by atoms with van der Waals surface area (Å²) in [6, 6.07) is 21.5. The molecule has 0 fully saturated rings. The predicted octanol–water partition coefficient (Wildman–Crippen LogP) is 5.95. The molecule has 1 aliphatic carbocycles. The van der Waals surface area contributed by atoms with Gasteiger partial charge in [-0.2, -0.15) is 0 Å². The summed E-state index contributed by atoms with van der Waals surface area (Å²) in [6.07, 6.45) is 0. The third-order valence-corrected chi connectivity index (χ3v) is 7.52. The molecule has 0 bridgehead atoms. The van der Waals surface area contributed by atoms with Crippen LogP contribution < -0.4 is 4.74 Å². The lowest BCUT2D eigenvalue weighted by atomic mass is 9.65. The summed E-state index contributed by atoms with van der Waals surface area (Å²) in [5.74, 6) is 0.670. The Balaban J connectivity index is 1.93. The van der Waals surface area contributed by atoms with Crippen LogP contribution in [0.15, 0.2) is 78.2 Å². The summed E-state index contributed by atoms with van der Waals surface area (Å²) in [6.45, 7) is 0. The fourth-order valence-corrected chi connectivity index (χ4v) is 5.99. The Labute approximate surface area is 194 Å². The molecule has 1 aliphatic rings. The van der Waals surface area contributed by atoms with Gasteiger partial charge in [-0.15, -0.1) is 11.3 Å². The van der Waals surface area contributed by atoms with E-state index in [1.807, 2.05) is 17.5 Å². The topological polar surface area (TPSA) is 49.7 Å². The lowest BCUT2D eigenvalue weighted by Crippen LogP contribution is -2.44. The molecule has 0 aliphatic heterocycles. The highest BCUT2D eigenvalue weighted by molar-refractivity contribution is 7.10. The molecule has 5 rings (SSSR count). The highest BCUT2D eigenvalue weighted by atomic mass is 35.5. The number of rotatable bonds is 3. The molecule has 31 heavy (non-hydrogen) atoms. The molecule has 0 saturated carbocycles. The summed E-state index contributed by atoms with van der Waals surface area (Å²) < 4.78 is 5.29. The average Bonchev–Trinajstić information content (AvgIpc) is 3.33. The number of aliphatic hydroxyl groups is 2. The third-order valence-electron chi connectivity index (χ3n) is 5.92. The van der Waals surface area contributed by atoms with Gasteiger partial charge < -0.3 is 14.9 Å². The van der Waals surface area contributed by atoms with E-state index in [1.165, 1.54) is 11.3 Å². The quantitative estimate of drug-likeness (QED) is 0.390. The second-order valence-electron chi connectivity index (χ2n) is 7.45. The molecule has 3 nitrogen and oxygen atoms in total. The van der Waals surface area contributed by atoms with Gasteiger partial charge in [-0.3, -0.25) is 0 Å². The van der Waals surface area contributed by atoms with Crippen molar-refractivity contribution in [2.24, 2.45) is 0 Å². The van der Waals surface area contributed by atoms with Crippen molar-refractivity contribution in [2.75, 3.05) is 7.11 Å². The Morgan fingerprint density at radius 3 is 1.87 bits per heavy atom. The maximum absolute atomic E-state index is 12.4. The summed E-state index contributed by atoms with van der Waals surface area (Å²) in [5, 5.41) is 27.2. The fraction of sp³-hybridized carbons (Fsp3) is 0.120. The van der Waals surface area contributed by atoms with Gasteiger partial charge >= 0.3 is 0 Å². The SMILES string of the molecule is COc1ccc([C@]2(O)c3cccc(Cl)c3[C@@](O)(c3cccs3)c3cccc(Cl)c32)cc1. The Morgan fingerprint density at radius 2 is 1.32 bits per heavy atom. The van der Waals surface area contributed by atoms with Crippen LogP contribution >= 0.6 is 34.5 Å². The van der Waals surface area contributed by atoms with Crippen molar-refractivity contribution in [3.05, 3.63) is 121 Å². The van der Waals surface area contributed by atoms with Crippen LogP contribution in [-0.2, 0) is 11.2 Å². The van der Waals surface area contributed by atoms with Gasteiger partial charge in [0.25, 0.3) is 0 Å². The summed E-state index contributed by atoms with van der Waals surface area (Å²) in [7, 11) is 1.59. The first-order chi connectivity index (χ1) is 14.9. The van der Waals surface area contributed by atoms with Gasteiger partial charge in [0.2, 0.25) is 0 Å². The molecule has 1 heterocycles. The fourth-order valence-electron chi connectivity index (χ4n) is 4.53. The van der Waals surface area contributed by atoms with Gasteiger partial charge in [-0.25, -0.2) is 0 Å². The second kappa shape index (κ2) is 7.37. The maximum Gasteiger partial charge on any atom is 0.151 e. The molecule has 0 unspecified atom stereocenters. The largest absolute Gasteiger partial charge is 0.497 e. The molecule has 2 N–H and O–H groups in total. The minimum Gasteiger partial charge on any atom is -0.497 e. The molecule has 4 aromatic rings. The van der Waals surface area contributed by atoms with E-state index in [0.717, 1.165) is 0 Å². The molecule has 0 radical (unpaired) electrons. The molecule has 2 atom stereocenters. The Morgan fingerprint density at radius 1 is 0.742 bits per heavy atom. The molecule has 1 aromatic heterocycles. The lowest BCUT2D eigenvalue weighted by molar-refractivity contribution is 0.0768. The van der Waals surface area contributed by atoms with Gasteiger partial charge in [0.15, 0.2) is 5.60 Å². The van der Waals surface area contributed by atoms with Gasteiger partial charge in [0.1, 0.15) is 11.4 Å². The zero-order valence-electron chi connectivity index (χ0n) is 16.5. The number of ether oxygens (including phenoxy) is 1. The number of halogens is 2. The Bertz CT molecular complexity index is 1270. The van der Waals surface area contributed by atoms with E-state index in [-0.39, 0.29) is 0 Å². The first kappa shape index (κ1) is 20.6. The van der Waals surface area contributed by atoms with Crippen LogP contribution in [0.3, 0.4) is 0 Å².